The molecule has 0 saturated carbocycles. The number of para-hydroxylation sites is 1. The van der Waals surface area contributed by atoms with E-state index in [1.807, 2.05) is 18.2 Å². The lowest BCUT2D eigenvalue weighted by Crippen LogP contribution is -2.10. The molecular weight excluding hydrogens is 329 g/mol. The molecule has 24 heavy (non-hydrogen) atoms. The summed E-state index contributed by atoms with van der Waals surface area (Å²) in [6.07, 6.45) is 0. The molecule has 0 aliphatic carbocycles. The molecule has 0 fully saturated rings. The molecule has 3 aromatic rings. The Balaban J connectivity index is 2.03. The quantitative estimate of drug-likeness (QED) is 0.681. The van der Waals surface area contributed by atoms with Gasteiger partial charge in [0, 0.05) is 5.39 Å². The number of rotatable bonds is 4. The fourth-order valence-corrected chi connectivity index (χ4v) is 3.55. The van der Waals surface area contributed by atoms with Crippen LogP contribution in [-0.4, -0.2) is 22.3 Å². The largest absolute Gasteiger partial charge is 0.465 e. The minimum atomic E-state index is -1.57. The van der Waals surface area contributed by atoms with E-state index >= 15 is 0 Å². The maximum atomic E-state index is 13.0. The van der Waals surface area contributed by atoms with Crippen molar-refractivity contribution in [3.63, 3.8) is 0 Å². The number of esters is 1. The summed E-state index contributed by atoms with van der Waals surface area (Å²) in [5, 5.41) is 0.935. The topological polar surface area (TPSA) is 56.3 Å². The molecule has 0 aliphatic rings. The van der Waals surface area contributed by atoms with Crippen LogP contribution in [0.25, 0.3) is 10.9 Å². The van der Waals surface area contributed by atoms with Crippen molar-refractivity contribution < 1.29 is 18.1 Å². The summed E-state index contributed by atoms with van der Waals surface area (Å²) in [5.74, 6) is -0.811. The molecule has 6 heteroatoms. The number of ether oxygens (including phenoxy) is 1. The summed E-state index contributed by atoms with van der Waals surface area (Å²) in [5.41, 5.74) is 1.52. The predicted molar refractivity (Wildman–Crippen MR) is 89.6 cm³/mol. The minimum Gasteiger partial charge on any atom is -0.465 e. The summed E-state index contributed by atoms with van der Waals surface area (Å²) in [4.78, 5) is 16.4. The van der Waals surface area contributed by atoms with Crippen molar-refractivity contribution in [2.24, 2.45) is 0 Å². The Bertz CT molecular complexity index is 925. The number of hydrogen-bond acceptors (Lipinski definition) is 4. The van der Waals surface area contributed by atoms with Gasteiger partial charge in [0.1, 0.15) is 10.8 Å². The van der Waals surface area contributed by atoms with E-state index in [0.717, 1.165) is 5.39 Å². The molecule has 3 rings (SSSR count). The van der Waals surface area contributed by atoms with Crippen molar-refractivity contribution in [3.8, 4) is 0 Å². The SMILES string of the molecule is COC(=O)c1cc2ccccc2nc1S(=O)Cc1ccc(F)cc1. The Morgan fingerprint density at radius 2 is 1.88 bits per heavy atom. The smallest absolute Gasteiger partial charge is 0.340 e. The molecule has 0 amide bonds. The number of aromatic nitrogens is 1. The molecule has 4 nitrogen and oxygen atoms in total. The fourth-order valence-electron chi connectivity index (χ4n) is 2.33. The summed E-state index contributed by atoms with van der Waals surface area (Å²) in [7, 11) is -0.297. The number of carbonyl (C=O) groups excluding carboxylic acids is 1. The van der Waals surface area contributed by atoms with Gasteiger partial charge in [0.2, 0.25) is 0 Å². The predicted octanol–water partition coefficient (Wildman–Crippen LogP) is 3.47. The average molecular weight is 343 g/mol. The van der Waals surface area contributed by atoms with Crippen LogP contribution >= 0.6 is 0 Å². The monoisotopic (exact) mass is 343 g/mol. The normalized spacial score (nSPS) is 12.1. The second kappa shape index (κ2) is 6.88. The number of fused-ring (bicyclic) bond motifs is 1. The highest BCUT2D eigenvalue weighted by Gasteiger charge is 2.20. The molecule has 1 heterocycles. The summed E-state index contributed by atoms with van der Waals surface area (Å²) in [6, 6.07) is 14.6. The lowest BCUT2D eigenvalue weighted by atomic mass is 10.1. The number of hydrogen-bond donors (Lipinski definition) is 0. The van der Waals surface area contributed by atoms with Gasteiger partial charge in [0.15, 0.2) is 0 Å². The van der Waals surface area contributed by atoms with Gasteiger partial charge >= 0.3 is 5.97 Å². The third-order valence-electron chi connectivity index (χ3n) is 3.52. The summed E-state index contributed by atoms with van der Waals surface area (Å²) in [6.45, 7) is 0. The molecule has 0 aliphatic heterocycles. The highest BCUT2D eigenvalue weighted by Crippen LogP contribution is 2.22. The van der Waals surface area contributed by atoms with E-state index in [2.05, 4.69) is 4.98 Å². The zero-order valence-electron chi connectivity index (χ0n) is 12.9. The van der Waals surface area contributed by atoms with Crippen LogP contribution in [0, 0.1) is 5.82 Å². The van der Waals surface area contributed by atoms with Gasteiger partial charge in [-0.25, -0.2) is 14.2 Å². The molecule has 0 radical (unpaired) electrons. The Hall–Kier alpha value is -2.60. The van der Waals surface area contributed by atoms with Crippen molar-refractivity contribution >= 4 is 27.7 Å². The van der Waals surface area contributed by atoms with Gasteiger partial charge in [-0.1, -0.05) is 30.3 Å². The first-order valence-corrected chi connectivity index (χ1v) is 8.51. The molecule has 0 saturated heterocycles. The molecule has 0 bridgehead atoms. The number of halogens is 1. The van der Waals surface area contributed by atoms with Crippen LogP contribution in [0.15, 0.2) is 59.6 Å². The molecule has 0 N–H and O–H groups in total. The van der Waals surface area contributed by atoms with Crippen LogP contribution < -0.4 is 0 Å². The minimum absolute atomic E-state index is 0.135. The molecule has 1 atom stereocenters. The molecule has 0 spiro atoms. The van der Waals surface area contributed by atoms with Crippen LogP contribution in [0.1, 0.15) is 15.9 Å². The third-order valence-corrected chi connectivity index (χ3v) is 4.86. The van der Waals surface area contributed by atoms with Crippen LogP contribution in [-0.2, 0) is 21.3 Å². The van der Waals surface area contributed by atoms with E-state index in [9.17, 15) is 13.4 Å². The second-order valence-electron chi connectivity index (χ2n) is 5.14. The van der Waals surface area contributed by atoms with Gasteiger partial charge in [0.05, 0.1) is 34.7 Å². The van der Waals surface area contributed by atoms with Gasteiger partial charge in [-0.3, -0.25) is 4.21 Å². The molecule has 1 aromatic heterocycles. The first kappa shape index (κ1) is 16.3. The van der Waals surface area contributed by atoms with E-state index in [-0.39, 0.29) is 22.2 Å². The van der Waals surface area contributed by atoms with Gasteiger partial charge < -0.3 is 4.74 Å². The number of nitrogens with zero attached hydrogens (tertiary/aromatic N) is 1. The fraction of sp³-hybridized carbons (Fsp3) is 0.111. The Kier molecular flexibility index (Phi) is 4.66. The van der Waals surface area contributed by atoms with E-state index in [1.165, 1.54) is 19.2 Å². The van der Waals surface area contributed by atoms with Crippen molar-refractivity contribution in [1.82, 2.24) is 4.98 Å². The van der Waals surface area contributed by atoms with Gasteiger partial charge in [-0.15, -0.1) is 0 Å². The number of pyridine rings is 1. The lowest BCUT2D eigenvalue weighted by molar-refractivity contribution is 0.0596. The molecule has 122 valence electrons. The zero-order valence-corrected chi connectivity index (χ0v) is 13.7. The first-order chi connectivity index (χ1) is 11.6. The van der Waals surface area contributed by atoms with Crippen molar-refractivity contribution in [2.45, 2.75) is 10.8 Å². The maximum Gasteiger partial charge on any atom is 0.340 e. The Morgan fingerprint density at radius 3 is 2.58 bits per heavy atom. The van der Waals surface area contributed by atoms with Gasteiger partial charge in [-0.05, 0) is 29.8 Å². The van der Waals surface area contributed by atoms with Crippen LogP contribution in [0.3, 0.4) is 0 Å². The summed E-state index contributed by atoms with van der Waals surface area (Å²) < 4.78 is 30.5. The van der Waals surface area contributed by atoms with E-state index in [4.69, 9.17) is 4.74 Å². The molecular formula is C18H14FNO3S. The van der Waals surface area contributed by atoms with Gasteiger partial charge in [0.25, 0.3) is 0 Å². The Labute approximate surface area is 140 Å². The van der Waals surface area contributed by atoms with Crippen LogP contribution in [0.5, 0.6) is 0 Å². The highest BCUT2D eigenvalue weighted by atomic mass is 32.2. The molecule has 2 aromatic carbocycles. The third kappa shape index (κ3) is 3.33. The van der Waals surface area contributed by atoms with Crippen LogP contribution in [0.2, 0.25) is 0 Å². The van der Waals surface area contributed by atoms with Crippen molar-refractivity contribution in [1.29, 1.82) is 0 Å². The summed E-state index contributed by atoms with van der Waals surface area (Å²) >= 11 is 0. The highest BCUT2D eigenvalue weighted by molar-refractivity contribution is 7.84. The van der Waals surface area contributed by atoms with Crippen molar-refractivity contribution in [3.05, 3.63) is 71.5 Å². The maximum absolute atomic E-state index is 13.0. The number of carbonyl (C=O) groups is 1. The van der Waals surface area contributed by atoms with Gasteiger partial charge in [-0.2, -0.15) is 0 Å². The second-order valence-corrected chi connectivity index (χ2v) is 6.51. The average Bonchev–Trinajstić information content (AvgIpc) is 2.61. The van der Waals surface area contributed by atoms with E-state index in [1.54, 1.807) is 24.3 Å². The number of benzene rings is 2. The Morgan fingerprint density at radius 1 is 1.17 bits per heavy atom. The standard InChI is InChI=1S/C18H14FNO3S/c1-23-18(21)15-10-13-4-2-3-5-16(13)20-17(15)24(22)11-12-6-8-14(19)9-7-12/h2-10H,11H2,1H3. The van der Waals surface area contributed by atoms with E-state index < -0.39 is 16.8 Å². The first-order valence-electron chi connectivity index (χ1n) is 7.19. The zero-order chi connectivity index (χ0) is 17.1. The van der Waals surface area contributed by atoms with Crippen molar-refractivity contribution in [2.75, 3.05) is 7.11 Å². The van der Waals surface area contributed by atoms with Crippen LogP contribution in [0.4, 0.5) is 4.39 Å². The molecule has 1 unspecified atom stereocenters. The van der Waals surface area contributed by atoms with E-state index in [0.29, 0.717) is 11.1 Å². The lowest BCUT2D eigenvalue weighted by Gasteiger charge is -2.09. The number of methoxy groups -OCH3 is 1.